The molecule has 0 aliphatic carbocycles. The summed E-state index contributed by atoms with van der Waals surface area (Å²) in [5.74, 6) is 0.0787. The average Bonchev–Trinajstić information content (AvgIpc) is 2.80. The van der Waals surface area contributed by atoms with Crippen molar-refractivity contribution in [1.29, 1.82) is 0 Å². The molecule has 164 valence electrons. The standard InChI is InChI=1S/C24H23N3O4S/c1-14-4-6-15(7-5-14)13-32-24-26-22(29)20-18(12-19(28)25-21(20)27(24)2)16-8-10-17(11-9-16)23(30)31-3/h4-11,18H,12-13H2,1-3H3,(H,25,28)/t18-/m0/s1. The SMILES string of the molecule is COC(=O)c1ccc([C@@H]2CC(=O)Nc3c2c(=O)nc(SCc2ccc(C)cc2)n3C)cc1. The molecular formula is C24H23N3O4S. The highest BCUT2D eigenvalue weighted by Crippen LogP contribution is 2.36. The van der Waals surface area contributed by atoms with Crippen molar-refractivity contribution >= 4 is 29.5 Å². The second kappa shape index (κ2) is 9.00. The summed E-state index contributed by atoms with van der Waals surface area (Å²) in [6, 6.07) is 15.0. The zero-order chi connectivity index (χ0) is 22.8. The molecule has 0 bridgehead atoms. The minimum absolute atomic E-state index is 0.136. The predicted molar refractivity (Wildman–Crippen MR) is 123 cm³/mol. The number of aryl methyl sites for hydroxylation is 1. The van der Waals surface area contributed by atoms with Crippen molar-refractivity contribution < 1.29 is 14.3 Å². The van der Waals surface area contributed by atoms with Gasteiger partial charge in [-0.3, -0.25) is 9.59 Å². The monoisotopic (exact) mass is 449 g/mol. The predicted octanol–water partition coefficient (Wildman–Crippen LogP) is 3.64. The quantitative estimate of drug-likeness (QED) is 0.363. The van der Waals surface area contributed by atoms with E-state index in [9.17, 15) is 14.4 Å². The number of methoxy groups -OCH3 is 1. The molecule has 0 saturated carbocycles. The highest BCUT2D eigenvalue weighted by atomic mass is 32.2. The average molecular weight is 450 g/mol. The molecule has 2 aromatic carbocycles. The summed E-state index contributed by atoms with van der Waals surface area (Å²) in [6.07, 6.45) is 0.136. The molecule has 1 aliphatic rings. The highest BCUT2D eigenvalue weighted by Gasteiger charge is 2.32. The van der Waals surface area contributed by atoms with Crippen LogP contribution in [0.4, 0.5) is 5.82 Å². The van der Waals surface area contributed by atoms with Crippen molar-refractivity contribution in [1.82, 2.24) is 9.55 Å². The highest BCUT2D eigenvalue weighted by molar-refractivity contribution is 7.98. The van der Waals surface area contributed by atoms with Crippen LogP contribution in [-0.4, -0.2) is 28.5 Å². The van der Waals surface area contributed by atoms with Crippen molar-refractivity contribution in [3.8, 4) is 0 Å². The number of fused-ring (bicyclic) bond motifs is 1. The molecular weight excluding hydrogens is 426 g/mol. The van der Waals surface area contributed by atoms with Gasteiger partial charge in [0.25, 0.3) is 5.56 Å². The second-order valence-corrected chi connectivity index (χ2v) is 8.66. The van der Waals surface area contributed by atoms with Gasteiger partial charge in [-0.2, -0.15) is 4.98 Å². The maximum atomic E-state index is 13.0. The lowest BCUT2D eigenvalue weighted by molar-refractivity contribution is -0.116. The van der Waals surface area contributed by atoms with E-state index in [2.05, 4.69) is 22.4 Å². The van der Waals surface area contributed by atoms with Crippen molar-refractivity contribution in [2.45, 2.75) is 30.2 Å². The number of benzene rings is 2. The fraction of sp³-hybridized carbons (Fsp3) is 0.250. The first-order valence-corrected chi connectivity index (χ1v) is 11.1. The molecule has 0 unspecified atom stereocenters. The Hall–Kier alpha value is -3.39. The Labute approximate surface area is 189 Å². The number of anilines is 1. The van der Waals surface area contributed by atoms with E-state index in [1.54, 1.807) is 35.9 Å². The minimum atomic E-state index is -0.439. The molecule has 0 saturated heterocycles. The summed E-state index contributed by atoms with van der Waals surface area (Å²) >= 11 is 1.45. The maximum absolute atomic E-state index is 13.0. The molecule has 3 aromatic rings. The molecule has 0 radical (unpaired) electrons. The normalized spacial score (nSPS) is 15.1. The van der Waals surface area contributed by atoms with Crippen molar-refractivity contribution in [2.75, 3.05) is 12.4 Å². The van der Waals surface area contributed by atoms with Crippen molar-refractivity contribution in [3.05, 3.63) is 86.7 Å². The Morgan fingerprint density at radius 1 is 1.16 bits per heavy atom. The zero-order valence-electron chi connectivity index (χ0n) is 18.0. The molecule has 0 fully saturated rings. The number of amides is 1. The van der Waals surface area contributed by atoms with Crippen LogP contribution in [0.3, 0.4) is 0 Å². The van der Waals surface area contributed by atoms with Gasteiger partial charge >= 0.3 is 5.97 Å². The van der Waals surface area contributed by atoms with Crippen LogP contribution >= 0.6 is 11.8 Å². The summed E-state index contributed by atoms with van der Waals surface area (Å²) in [5.41, 5.74) is 3.59. The van der Waals surface area contributed by atoms with E-state index in [0.717, 1.165) is 11.1 Å². The van der Waals surface area contributed by atoms with Gasteiger partial charge in [-0.15, -0.1) is 0 Å². The van der Waals surface area contributed by atoms with Crippen LogP contribution in [0.5, 0.6) is 0 Å². The lowest BCUT2D eigenvalue weighted by Gasteiger charge is -2.27. The fourth-order valence-electron chi connectivity index (χ4n) is 3.75. The number of rotatable bonds is 5. The second-order valence-electron chi connectivity index (χ2n) is 7.71. The Kier molecular flexibility index (Phi) is 6.14. The van der Waals surface area contributed by atoms with Gasteiger partial charge in [-0.1, -0.05) is 53.7 Å². The number of ether oxygens (including phenoxy) is 1. The third-order valence-electron chi connectivity index (χ3n) is 5.52. The fourth-order valence-corrected chi connectivity index (χ4v) is 4.67. The zero-order valence-corrected chi connectivity index (χ0v) is 18.9. The molecule has 4 rings (SSSR count). The van der Waals surface area contributed by atoms with E-state index in [1.165, 1.54) is 24.4 Å². The van der Waals surface area contributed by atoms with E-state index < -0.39 is 11.9 Å². The van der Waals surface area contributed by atoms with Crippen LogP contribution in [-0.2, 0) is 22.3 Å². The summed E-state index contributed by atoms with van der Waals surface area (Å²) in [7, 11) is 3.12. The third kappa shape index (κ3) is 4.31. The first-order valence-electron chi connectivity index (χ1n) is 10.1. The van der Waals surface area contributed by atoms with Crippen LogP contribution in [0.2, 0.25) is 0 Å². The molecule has 0 spiro atoms. The number of nitrogens with one attached hydrogen (secondary N) is 1. The van der Waals surface area contributed by atoms with Gasteiger partial charge in [0, 0.05) is 25.1 Å². The minimum Gasteiger partial charge on any atom is -0.465 e. The third-order valence-corrected chi connectivity index (χ3v) is 6.62. The van der Waals surface area contributed by atoms with E-state index >= 15 is 0 Å². The Balaban J connectivity index is 1.67. The van der Waals surface area contributed by atoms with Gasteiger partial charge in [-0.05, 0) is 30.2 Å². The summed E-state index contributed by atoms with van der Waals surface area (Å²) in [5, 5.41) is 3.39. The number of esters is 1. The van der Waals surface area contributed by atoms with Gasteiger partial charge in [0.1, 0.15) is 5.82 Å². The molecule has 7 nitrogen and oxygen atoms in total. The van der Waals surface area contributed by atoms with Gasteiger partial charge in [0.05, 0.1) is 18.2 Å². The smallest absolute Gasteiger partial charge is 0.337 e. The summed E-state index contributed by atoms with van der Waals surface area (Å²) in [6.45, 7) is 2.04. The Bertz CT molecular complexity index is 1230. The largest absolute Gasteiger partial charge is 0.465 e. The summed E-state index contributed by atoms with van der Waals surface area (Å²) < 4.78 is 6.50. The van der Waals surface area contributed by atoms with Crippen LogP contribution < -0.4 is 10.9 Å². The number of carbonyl (C=O) groups is 2. The lowest BCUT2D eigenvalue weighted by atomic mass is 9.86. The molecule has 2 heterocycles. The van der Waals surface area contributed by atoms with E-state index in [1.807, 2.05) is 19.1 Å². The number of thioether (sulfide) groups is 1. The first-order chi connectivity index (χ1) is 15.4. The molecule has 1 aromatic heterocycles. The van der Waals surface area contributed by atoms with Crippen LogP contribution in [0.1, 0.15) is 45.0 Å². The molecule has 1 amide bonds. The van der Waals surface area contributed by atoms with E-state index in [-0.39, 0.29) is 17.9 Å². The molecule has 1 aliphatic heterocycles. The Morgan fingerprint density at radius 2 is 1.84 bits per heavy atom. The topological polar surface area (TPSA) is 90.3 Å². The maximum Gasteiger partial charge on any atom is 0.337 e. The molecule has 1 atom stereocenters. The van der Waals surface area contributed by atoms with Crippen LogP contribution in [0.25, 0.3) is 0 Å². The lowest BCUT2D eigenvalue weighted by Crippen LogP contribution is -2.33. The number of carbonyl (C=O) groups excluding carboxylic acids is 2. The molecule has 32 heavy (non-hydrogen) atoms. The van der Waals surface area contributed by atoms with Gasteiger partial charge in [-0.25, -0.2) is 4.79 Å². The number of aromatic nitrogens is 2. The molecule has 8 heteroatoms. The van der Waals surface area contributed by atoms with Crippen molar-refractivity contribution in [2.24, 2.45) is 7.05 Å². The number of nitrogens with zero attached hydrogens (tertiary/aromatic N) is 2. The number of hydrogen-bond donors (Lipinski definition) is 1. The van der Waals surface area contributed by atoms with Crippen molar-refractivity contribution in [3.63, 3.8) is 0 Å². The Morgan fingerprint density at radius 3 is 2.50 bits per heavy atom. The summed E-state index contributed by atoms with van der Waals surface area (Å²) in [4.78, 5) is 41.6. The van der Waals surface area contributed by atoms with Gasteiger partial charge in [0.15, 0.2) is 5.16 Å². The van der Waals surface area contributed by atoms with E-state index in [0.29, 0.717) is 27.9 Å². The van der Waals surface area contributed by atoms with Crippen LogP contribution in [0.15, 0.2) is 58.5 Å². The number of hydrogen-bond acceptors (Lipinski definition) is 6. The van der Waals surface area contributed by atoms with Gasteiger partial charge in [0.2, 0.25) is 5.91 Å². The first kappa shape index (κ1) is 21.8. The molecule has 1 N–H and O–H groups in total. The van der Waals surface area contributed by atoms with E-state index in [4.69, 9.17) is 4.74 Å². The van der Waals surface area contributed by atoms with Crippen LogP contribution in [0, 0.1) is 6.92 Å². The van der Waals surface area contributed by atoms with Gasteiger partial charge < -0.3 is 14.6 Å².